The van der Waals surface area contributed by atoms with Crippen molar-refractivity contribution in [2.75, 3.05) is 0 Å². The Bertz CT molecular complexity index is 908. The summed E-state index contributed by atoms with van der Waals surface area (Å²) < 4.78 is 1.76. The highest BCUT2D eigenvalue weighted by Crippen LogP contribution is 2.28. The lowest BCUT2D eigenvalue weighted by Crippen LogP contribution is -2.13. The molecule has 0 aliphatic carbocycles. The Morgan fingerprint density at radius 2 is 2.14 bits per heavy atom. The lowest BCUT2D eigenvalue weighted by Gasteiger charge is -2.05. The maximum Gasteiger partial charge on any atom is 0.269 e. The van der Waals surface area contributed by atoms with Crippen LogP contribution >= 0.6 is 11.6 Å². The van der Waals surface area contributed by atoms with Crippen molar-refractivity contribution < 1.29 is 4.79 Å². The van der Waals surface area contributed by atoms with Crippen molar-refractivity contribution in [3.63, 3.8) is 0 Å². The summed E-state index contributed by atoms with van der Waals surface area (Å²) in [6.45, 7) is 0. The molecule has 0 radical (unpaired) electrons. The lowest BCUT2D eigenvalue weighted by atomic mass is 10.1. The van der Waals surface area contributed by atoms with Crippen LogP contribution in [0.1, 0.15) is 16.1 Å². The van der Waals surface area contributed by atoms with Crippen LogP contribution < -0.4 is 5.73 Å². The van der Waals surface area contributed by atoms with Crippen molar-refractivity contribution >= 4 is 23.2 Å². The van der Waals surface area contributed by atoms with Gasteiger partial charge in [-0.3, -0.25) is 9.20 Å². The Morgan fingerprint density at radius 1 is 1.33 bits per heavy atom. The van der Waals surface area contributed by atoms with E-state index in [0.29, 0.717) is 27.5 Å². The van der Waals surface area contributed by atoms with Crippen molar-refractivity contribution in [2.45, 2.75) is 0 Å². The van der Waals surface area contributed by atoms with Crippen LogP contribution in [0.25, 0.3) is 16.9 Å². The number of primary amides is 1. The van der Waals surface area contributed by atoms with Crippen LogP contribution in [-0.4, -0.2) is 15.3 Å². The fraction of sp³-hybridized carbons (Fsp3) is 0. The molecule has 0 aliphatic heterocycles. The minimum absolute atomic E-state index is 0.168. The molecule has 102 valence electrons. The summed E-state index contributed by atoms with van der Waals surface area (Å²) >= 11 is 6.06. The molecule has 6 heteroatoms. The number of halogens is 1. The van der Waals surface area contributed by atoms with Gasteiger partial charge in [0.1, 0.15) is 11.7 Å². The zero-order valence-corrected chi connectivity index (χ0v) is 11.5. The molecule has 1 aromatic carbocycles. The number of carbonyl (C=O) groups excluding carboxylic acids is 1. The fourth-order valence-electron chi connectivity index (χ4n) is 2.20. The number of imidazole rings is 1. The summed E-state index contributed by atoms with van der Waals surface area (Å²) in [5.41, 5.74) is 7.79. The van der Waals surface area contributed by atoms with Crippen LogP contribution in [0, 0.1) is 11.3 Å². The van der Waals surface area contributed by atoms with Gasteiger partial charge in [0, 0.05) is 11.8 Å². The number of nitriles is 1. The van der Waals surface area contributed by atoms with E-state index in [1.54, 1.807) is 34.9 Å². The summed E-state index contributed by atoms with van der Waals surface area (Å²) in [5, 5.41) is 9.24. The highest BCUT2D eigenvalue weighted by atomic mass is 35.5. The number of pyridine rings is 1. The van der Waals surface area contributed by atoms with E-state index >= 15 is 0 Å². The topological polar surface area (TPSA) is 84.2 Å². The number of amides is 1. The molecule has 0 unspecified atom stereocenters. The lowest BCUT2D eigenvalue weighted by molar-refractivity contribution is 0.0997. The van der Waals surface area contributed by atoms with Crippen molar-refractivity contribution in [3.05, 3.63) is 58.9 Å². The van der Waals surface area contributed by atoms with Gasteiger partial charge in [0.05, 0.1) is 16.3 Å². The van der Waals surface area contributed by atoms with Gasteiger partial charge in [0.2, 0.25) is 0 Å². The van der Waals surface area contributed by atoms with Crippen molar-refractivity contribution in [3.8, 4) is 17.3 Å². The molecule has 2 aromatic heterocycles. The zero-order valence-electron chi connectivity index (χ0n) is 10.7. The van der Waals surface area contributed by atoms with Crippen LogP contribution in [0.5, 0.6) is 0 Å². The standard InChI is InChI=1S/C15H9ClN4O/c16-11-7-9(4-5-10(11)8-17)14-13(15(18)21)19-12-3-1-2-6-20(12)14/h1-7H,(H2,18,21). The van der Waals surface area contributed by atoms with E-state index in [-0.39, 0.29) is 5.69 Å². The minimum Gasteiger partial charge on any atom is -0.364 e. The average Bonchev–Trinajstić information content (AvgIpc) is 2.86. The molecule has 2 N–H and O–H groups in total. The quantitative estimate of drug-likeness (QED) is 0.789. The van der Waals surface area contributed by atoms with Gasteiger partial charge in [-0.25, -0.2) is 4.98 Å². The van der Waals surface area contributed by atoms with E-state index in [1.165, 1.54) is 0 Å². The maximum atomic E-state index is 11.6. The SMILES string of the molecule is N#Cc1ccc(-c2c(C(N)=O)nc3ccccn23)cc1Cl. The van der Waals surface area contributed by atoms with E-state index in [0.717, 1.165) is 0 Å². The highest BCUT2D eigenvalue weighted by Gasteiger charge is 2.18. The predicted molar refractivity (Wildman–Crippen MR) is 78.9 cm³/mol. The molecule has 21 heavy (non-hydrogen) atoms. The number of aromatic nitrogens is 2. The third-order valence-corrected chi connectivity index (χ3v) is 3.44. The van der Waals surface area contributed by atoms with Gasteiger partial charge in [-0.05, 0) is 24.3 Å². The molecule has 0 saturated heterocycles. The summed E-state index contributed by atoms with van der Waals surface area (Å²) in [5.74, 6) is -0.616. The second-order valence-corrected chi connectivity index (χ2v) is 4.82. The number of hydrogen-bond donors (Lipinski definition) is 1. The smallest absolute Gasteiger partial charge is 0.269 e. The maximum absolute atomic E-state index is 11.6. The van der Waals surface area contributed by atoms with E-state index in [2.05, 4.69) is 4.98 Å². The van der Waals surface area contributed by atoms with Crippen LogP contribution in [0.2, 0.25) is 5.02 Å². The monoisotopic (exact) mass is 296 g/mol. The third kappa shape index (κ3) is 2.12. The number of hydrogen-bond acceptors (Lipinski definition) is 3. The Morgan fingerprint density at radius 3 is 2.81 bits per heavy atom. The molecule has 3 rings (SSSR count). The Labute approximate surface area is 125 Å². The van der Waals surface area contributed by atoms with Gasteiger partial charge < -0.3 is 5.73 Å². The van der Waals surface area contributed by atoms with Crippen LogP contribution in [0.15, 0.2) is 42.6 Å². The van der Waals surface area contributed by atoms with Crippen LogP contribution in [-0.2, 0) is 0 Å². The van der Waals surface area contributed by atoms with E-state index in [9.17, 15) is 4.79 Å². The van der Waals surface area contributed by atoms with Crippen molar-refractivity contribution in [2.24, 2.45) is 5.73 Å². The number of nitrogens with zero attached hydrogens (tertiary/aromatic N) is 3. The Hall–Kier alpha value is -2.84. The second-order valence-electron chi connectivity index (χ2n) is 4.41. The second kappa shape index (κ2) is 4.93. The van der Waals surface area contributed by atoms with Crippen LogP contribution in [0.3, 0.4) is 0 Å². The number of benzene rings is 1. The number of fused-ring (bicyclic) bond motifs is 1. The normalized spacial score (nSPS) is 10.5. The number of rotatable bonds is 2. The molecule has 1 amide bonds. The molecule has 0 bridgehead atoms. The van der Waals surface area contributed by atoms with Crippen molar-refractivity contribution in [1.82, 2.24) is 9.38 Å². The molecule has 0 saturated carbocycles. The Balaban J connectivity index is 2.33. The van der Waals surface area contributed by atoms with Gasteiger partial charge in [-0.15, -0.1) is 0 Å². The molecular formula is C15H9ClN4O. The highest BCUT2D eigenvalue weighted by molar-refractivity contribution is 6.32. The van der Waals surface area contributed by atoms with E-state index in [4.69, 9.17) is 22.6 Å². The molecule has 5 nitrogen and oxygen atoms in total. The van der Waals surface area contributed by atoms with E-state index in [1.807, 2.05) is 18.2 Å². The molecule has 0 atom stereocenters. The molecule has 3 aromatic rings. The minimum atomic E-state index is -0.616. The first-order valence-electron chi connectivity index (χ1n) is 6.08. The third-order valence-electron chi connectivity index (χ3n) is 3.13. The van der Waals surface area contributed by atoms with Gasteiger partial charge in [0.25, 0.3) is 5.91 Å². The summed E-state index contributed by atoms with van der Waals surface area (Å²) in [7, 11) is 0. The molecule has 0 aliphatic rings. The molecule has 0 fully saturated rings. The molecular weight excluding hydrogens is 288 g/mol. The van der Waals surface area contributed by atoms with Gasteiger partial charge in [-0.1, -0.05) is 23.7 Å². The van der Waals surface area contributed by atoms with Crippen molar-refractivity contribution in [1.29, 1.82) is 5.26 Å². The summed E-state index contributed by atoms with van der Waals surface area (Å²) in [6, 6.07) is 12.4. The summed E-state index contributed by atoms with van der Waals surface area (Å²) in [4.78, 5) is 15.9. The van der Waals surface area contributed by atoms with Gasteiger partial charge in [-0.2, -0.15) is 5.26 Å². The molecule has 2 heterocycles. The number of nitrogens with two attached hydrogens (primary N) is 1. The average molecular weight is 297 g/mol. The fourth-order valence-corrected chi connectivity index (χ4v) is 2.42. The zero-order chi connectivity index (χ0) is 15.0. The summed E-state index contributed by atoms with van der Waals surface area (Å²) in [6.07, 6.45) is 1.79. The first-order chi connectivity index (χ1) is 10.1. The first-order valence-corrected chi connectivity index (χ1v) is 6.46. The number of carbonyl (C=O) groups is 1. The first kappa shape index (κ1) is 13.2. The predicted octanol–water partition coefficient (Wildman–Crippen LogP) is 2.63. The molecule has 0 spiro atoms. The van der Waals surface area contributed by atoms with Gasteiger partial charge in [0.15, 0.2) is 5.69 Å². The largest absolute Gasteiger partial charge is 0.364 e. The van der Waals surface area contributed by atoms with Crippen LogP contribution in [0.4, 0.5) is 0 Å². The van der Waals surface area contributed by atoms with Gasteiger partial charge >= 0.3 is 0 Å². The Kier molecular flexibility index (Phi) is 3.09. The van der Waals surface area contributed by atoms with E-state index < -0.39 is 5.91 Å².